The zero-order valence-corrected chi connectivity index (χ0v) is 30.7. The summed E-state index contributed by atoms with van der Waals surface area (Å²) in [6.45, 7) is 2.12. The molecule has 0 N–H and O–H groups in total. The van der Waals surface area contributed by atoms with E-state index in [9.17, 15) is 0 Å². The van der Waals surface area contributed by atoms with E-state index >= 15 is 0 Å². The van der Waals surface area contributed by atoms with Crippen LogP contribution in [0.25, 0.3) is 101 Å². The zero-order valence-electron chi connectivity index (χ0n) is 30.7. The van der Waals surface area contributed by atoms with E-state index < -0.39 is 0 Å². The number of furan rings is 1. The largest absolute Gasteiger partial charge is 0.455 e. The van der Waals surface area contributed by atoms with Crippen molar-refractivity contribution in [2.45, 2.75) is 6.92 Å². The molecule has 0 radical (unpaired) electrons. The normalized spacial score (nSPS) is 11.3. The Hall–Kier alpha value is -7.43. The molecule has 0 saturated heterocycles. The Labute approximate surface area is 325 Å². The molecule has 0 fully saturated rings. The van der Waals surface area contributed by atoms with Gasteiger partial charge in [0.1, 0.15) is 11.2 Å². The van der Waals surface area contributed by atoms with Crippen LogP contribution in [0.2, 0.25) is 0 Å². The van der Waals surface area contributed by atoms with Crippen LogP contribution in [-0.2, 0) is 0 Å². The third-order valence-corrected chi connectivity index (χ3v) is 10.4. The molecular formula is C52H35N3O. The highest BCUT2D eigenvalue weighted by Crippen LogP contribution is 2.44. The summed E-state index contributed by atoms with van der Waals surface area (Å²) < 4.78 is 6.90. The number of aryl methyl sites for hydroxylation is 1. The fourth-order valence-electron chi connectivity index (χ4n) is 7.68. The van der Waals surface area contributed by atoms with Crippen LogP contribution in [0.3, 0.4) is 0 Å². The summed E-state index contributed by atoms with van der Waals surface area (Å²) in [7, 11) is 0. The SMILES string of the molecule is Cc1cccc(-c2ccc(-c3nc(-c4ccccc4)nc(-c4ccc5c(oc6cccc(-c7cccc(-c8ccccc8)c7)c65)c4-c4ccccc4)n3)cc2)c1. The molecule has 0 spiro atoms. The number of hydrogen-bond acceptors (Lipinski definition) is 4. The van der Waals surface area contributed by atoms with E-state index in [1.807, 2.05) is 36.4 Å². The third kappa shape index (κ3) is 6.13. The minimum atomic E-state index is 0.577. The lowest BCUT2D eigenvalue weighted by Crippen LogP contribution is -2.01. The van der Waals surface area contributed by atoms with Gasteiger partial charge in [0.05, 0.1) is 0 Å². The molecule has 56 heavy (non-hydrogen) atoms. The van der Waals surface area contributed by atoms with Crippen molar-refractivity contribution >= 4 is 21.9 Å². The van der Waals surface area contributed by atoms with E-state index in [1.54, 1.807) is 0 Å². The molecule has 2 aromatic heterocycles. The Morgan fingerprint density at radius 3 is 1.57 bits per heavy atom. The second-order valence-corrected chi connectivity index (χ2v) is 14.1. The minimum Gasteiger partial charge on any atom is -0.455 e. The van der Waals surface area contributed by atoms with Gasteiger partial charge in [0, 0.05) is 33.0 Å². The van der Waals surface area contributed by atoms with Crippen LogP contribution >= 0.6 is 0 Å². The minimum absolute atomic E-state index is 0.577. The van der Waals surface area contributed by atoms with Crippen LogP contribution in [0.5, 0.6) is 0 Å². The topological polar surface area (TPSA) is 51.8 Å². The lowest BCUT2D eigenvalue weighted by Gasteiger charge is -2.13. The van der Waals surface area contributed by atoms with Gasteiger partial charge in [-0.3, -0.25) is 0 Å². The molecule has 10 rings (SSSR count). The maximum Gasteiger partial charge on any atom is 0.164 e. The quantitative estimate of drug-likeness (QED) is 0.165. The molecule has 0 aliphatic rings. The van der Waals surface area contributed by atoms with Crippen molar-refractivity contribution in [2.24, 2.45) is 0 Å². The average Bonchev–Trinajstić information content (AvgIpc) is 3.66. The van der Waals surface area contributed by atoms with Gasteiger partial charge < -0.3 is 4.42 Å². The lowest BCUT2D eigenvalue weighted by molar-refractivity contribution is 0.670. The fourth-order valence-corrected chi connectivity index (χ4v) is 7.68. The van der Waals surface area contributed by atoms with Gasteiger partial charge in [-0.2, -0.15) is 0 Å². The van der Waals surface area contributed by atoms with Gasteiger partial charge in [-0.1, -0.05) is 175 Å². The standard InChI is InChI=1S/C52H35N3O/c1-34-14-11-21-40(32-34)36-26-28-39(29-27-36)51-53-50(38-19-9-4-10-20-38)54-52(55-51)45-31-30-44-48-43(42-23-12-22-41(33-42)35-15-5-2-6-16-35)24-13-25-46(48)56-49(44)47(45)37-17-7-3-8-18-37/h2-33H,1H3. The first-order chi connectivity index (χ1) is 27.7. The number of benzene rings is 8. The summed E-state index contributed by atoms with van der Waals surface area (Å²) in [4.78, 5) is 15.4. The van der Waals surface area contributed by atoms with Crippen molar-refractivity contribution in [2.75, 3.05) is 0 Å². The van der Waals surface area contributed by atoms with E-state index in [4.69, 9.17) is 19.4 Å². The second-order valence-electron chi connectivity index (χ2n) is 14.1. The van der Waals surface area contributed by atoms with Crippen molar-refractivity contribution in [3.8, 4) is 78.7 Å². The first-order valence-corrected chi connectivity index (χ1v) is 18.9. The maximum atomic E-state index is 6.90. The Morgan fingerprint density at radius 2 is 0.875 bits per heavy atom. The van der Waals surface area contributed by atoms with Crippen LogP contribution in [0.1, 0.15) is 5.56 Å². The van der Waals surface area contributed by atoms with Gasteiger partial charge in [0.2, 0.25) is 0 Å². The van der Waals surface area contributed by atoms with E-state index in [0.29, 0.717) is 17.5 Å². The first kappa shape index (κ1) is 33.2. The second kappa shape index (κ2) is 14.1. The predicted octanol–water partition coefficient (Wildman–Crippen LogP) is 13.7. The van der Waals surface area contributed by atoms with Gasteiger partial charge >= 0.3 is 0 Å². The molecule has 0 amide bonds. The third-order valence-electron chi connectivity index (χ3n) is 10.4. The summed E-state index contributed by atoms with van der Waals surface area (Å²) in [6.07, 6.45) is 0. The number of aromatic nitrogens is 3. The molecule has 8 aromatic carbocycles. The number of hydrogen-bond donors (Lipinski definition) is 0. The smallest absolute Gasteiger partial charge is 0.164 e. The fraction of sp³-hybridized carbons (Fsp3) is 0.0192. The summed E-state index contributed by atoms with van der Waals surface area (Å²) in [5, 5.41) is 2.11. The Morgan fingerprint density at radius 1 is 0.357 bits per heavy atom. The molecule has 264 valence electrons. The van der Waals surface area contributed by atoms with Crippen molar-refractivity contribution < 1.29 is 4.42 Å². The van der Waals surface area contributed by atoms with E-state index in [-0.39, 0.29) is 0 Å². The monoisotopic (exact) mass is 717 g/mol. The Kier molecular flexibility index (Phi) is 8.34. The summed E-state index contributed by atoms with van der Waals surface area (Å²) in [5.41, 5.74) is 14.4. The van der Waals surface area contributed by atoms with Crippen molar-refractivity contribution in [3.05, 3.63) is 200 Å². The average molecular weight is 718 g/mol. The van der Waals surface area contributed by atoms with Gasteiger partial charge in [0.25, 0.3) is 0 Å². The Bertz CT molecular complexity index is 3010. The van der Waals surface area contributed by atoms with Crippen LogP contribution in [0.15, 0.2) is 199 Å². The van der Waals surface area contributed by atoms with Gasteiger partial charge in [-0.05, 0) is 70.1 Å². The van der Waals surface area contributed by atoms with Crippen molar-refractivity contribution in [3.63, 3.8) is 0 Å². The number of rotatable bonds is 7. The molecular weight excluding hydrogens is 683 g/mol. The maximum absolute atomic E-state index is 6.90. The highest BCUT2D eigenvalue weighted by molar-refractivity contribution is 6.17. The molecule has 0 bridgehead atoms. The van der Waals surface area contributed by atoms with E-state index in [2.05, 4.69) is 165 Å². The Balaban J connectivity index is 1.17. The predicted molar refractivity (Wildman–Crippen MR) is 230 cm³/mol. The highest BCUT2D eigenvalue weighted by Gasteiger charge is 2.22. The van der Waals surface area contributed by atoms with E-state index in [0.717, 1.165) is 66.4 Å². The molecule has 4 nitrogen and oxygen atoms in total. The summed E-state index contributed by atoms with van der Waals surface area (Å²) in [5.74, 6) is 1.79. The van der Waals surface area contributed by atoms with Crippen LogP contribution in [0, 0.1) is 6.92 Å². The molecule has 2 heterocycles. The van der Waals surface area contributed by atoms with Crippen LogP contribution < -0.4 is 0 Å². The number of fused-ring (bicyclic) bond motifs is 3. The molecule has 10 aromatic rings. The van der Waals surface area contributed by atoms with E-state index in [1.165, 1.54) is 22.3 Å². The van der Waals surface area contributed by atoms with Crippen molar-refractivity contribution in [1.29, 1.82) is 0 Å². The molecule has 0 unspecified atom stereocenters. The summed E-state index contributed by atoms with van der Waals surface area (Å²) >= 11 is 0. The lowest BCUT2D eigenvalue weighted by atomic mass is 9.93. The zero-order chi connectivity index (χ0) is 37.4. The summed E-state index contributed by atoms with van der Waals surface area (Å²) in [6, 6.07) is 67.4. The van der Waals surface area contributed by atoms with Crippen molar-refractivity contribution in [1.82, 2.24) is 15.0 Å². The first-order valence-electron chi connectivity index (χ1n) is 18.9. The van der Waals surface area contributed by atoms with Gasteiger partial charge in [0.15, 0.2) is 17.5 Å². The highest BCUT2D eigenvalue weighted by atomic mass is 16.3. The van der Waals surface area contributed by atoms with Gasteiger partial charge in [-0.25, -0.2) is 15.0 Å². The molecule has 0 aliphatic heterocycles. The van der Waals surface area contributed by atoms with Gasteiger partial charge in [-0.15, -0.1) is 0 Å². The number of nitrogens with zero attached hydrogens (tertiary/aromatic N) is 3. The molecule has 0 saturated carbocycles. The molecule has 4 heteroatoms. The van der Waals surface area contributed by atoms with Crippen LogP contribution in [0.4, 0.5) is 0 Å². The molecule has 0 atom stereocenters. The van der Waals surface area contributed by atoms with Crippen LogP contribution in [-0.4, -0.2) is 15.0 Å². The molecule has 0 aliphatic carbocycles.